The van der Waals surface area contributed by atoms with E-state index in [1.807, 2.05) is 12.1 Å². The maximum atomic E-state index is 11.8. The molecule has 4 heteroatoms. The summed E-state index contributed by atoms with van der Waals surface area (Å²) in [6, 6.07) is 7.26. The van der Waals surface area contributed by atoms with Crippen LogP contribution in [0, 0.1) is 5.92 Å². The summed E-state index contributed by atoms with van der Waals surface area (Å²) in [5, 5.41) is 0.835. The minimum absolute atomic E-state index is 0.0236. The van der Waals surface area contributed by atoms with E-state index in [2.05, 4.69) is 15.9 Å². The first kappa shape index (κ1) is 12.3. The number of hydrogen-bond donors (Lipinski definition) is 0. The molecule has 1 aromatic carbocycles. The minimum Gasteiger partial charge on any atom is -0.312 e. The number of rotatable bonds is 3. The van der Waals surface area contributed by atoms with E-state index in [0.717, 1.165) is 17.6 Å². The largest absolute Gasteiger partial charge is 0.312 e. The van der Waals surface area contributed by atoms with Gasteiger partial charge in [0.25, 0.3) is 0 Å². The van der Waals surface area contributed by atoms with Gasteiger partial charge in [-0.25, -0.2) is 0 Å². The molecule has 1 heterocycles. The maximum absolute atomic E-state index is 11.8. The lowest BCUT2D eigenvalue weighted by molar-refractivity contribution is -0.117. The second kappa shape index (κ2) is 5.00. The molecule has 0 radical (unpaired) electrons. The summed E-state index contributed by atoms with van der Waals surface area (Å²) in [7, 11) is 0. The zero-order valence-electron chi connectivity index (χ0n) is 9.65. The fourth-order valence-corrected chi connectivity index (χ4v) is 2.46. The highest BCUT2D eigenvalue weighted by molar-refractivity contribution is 9.09. The second-order valence-electron chi connectivity index (χ2n) is 4.34. The molecule has 1 saturated heterocycles. The van der Waals surface area contributed by atoms with Crippen LogP contribution in [0.15, 0.2) is 24.3 Å². The fraction of sp³-hybridized carbons (Fsp3) is 0.385. The molecule has 1 aromatic rings. The molecule has 90 valence electrons. The van der Waals surface area contributed by atoms with Gasteiger partial charge in [0.2, 0.25) is 5.91 Å². The van der Waals surface area contributed by atoms with E-state index in [0.29, 0.717) is 17.9 Å². The van der Waals surface area contributed by atoms with Gasteiger partial charge >= 0.3 is 0 Å². The van der Waals surface area contributed by atoms with Crippen molar-refractivity contribution in [2.75, 3.05) is 16.8 Å². The zero-order valence-corrected chi connectivity index (χ0v) is 11.2. The third-order valence-corrected chi connectivity index (χ3v) is 3.90. The van der Waals surface area contributed by atoms with E-state index in [4.69, 9.17) is 0 Å². The number of alkyl halides is 1. The van der Waals surface area contributed by atoms with Crippen LogP contribution in [0.1, 0.15) is 23.7 Å². The Morgan fingerprint density at radius 3 is 2.88 bits per heavy atom. The molecule has 17 heavy (non-hydrogen) atoms. The number of hydrogen-bond acceptors (Lipinski definition) is 2. The molecule has 1 aliphatic rings. The summed E-state index contributed by atoms with van der Waals surface area (Å²) < 4.78 is 0. The molecule has 3 nitrogen and oxygen atoms in total. The van der Waals surface area contributed by atoms with Gasteiger partial charge in [-0.05, 0) is 25.0 Å². The van der Waals surface area contributed by atoms with Crippen molar-refractivity contribution in [1.82, 2.24) is 0 Å². The van der Waals surface area contributed by atoms with Crippen LogP contribution in [-0.2, 0) is 4.79 Å². The van der Waals surface area contributed by atoms with Gasteiger partial charge in [-0.3, -0.25) is 9.59 Å². The Bertz CT molecular complexity index is 458. The summed E-state index contributed by atoms with van der Waals surface area (Å²) in [4.78, 5) is 24.9. The highest BCUT2D eigenvalue weighted by Gasteiger charge is 2.29. The molecule has 1 aliphatic heterocycles. The Labute approximate surface area is 109 Å². The van der Waals surface area contributed by atoms with Crippen molar-refractivity contribution < 1.29 is 9.59 Å². The third kappa shape index (κ3) is 2.57. The Kier molecular flexibility index (Phi) is 3.62. The van der Waals surface area contributed by atoms with Gasteiger partial charge in [-0.1, -0.05) is 28.1 Å². The van der Waals surface area contributed by atoms with Gasteiger partial charge in [0.15, 0.2) is 5.78 Å². The zero-order chi connectivity index (χ0) is 12.4. The van der Waals surface area contributed by atoms with Crippen LogP contribution in [0.2, 0.25) is 0 Å². The lowest BCUT2D eigenvalue weighted by atomic mass is 10.1. The summed E-state index contributed by atoms with van der Waals surface area (Å²) in [5.74, 6) is 0.522. The van der Waals surface area contributed by atoms with Crippen LogP contribution in [0.3, 0.4) is 0 Å². The average Bonchev–Trinajstić information content (AvgIpc) is 2.71. The van der Waals surface area contributed by atoms with Gasteiger partial charge in [-0.15, -0.1) is 0 Å². The highest BCUT2D eigenvalue weighted by atomic mass is 79.9. The first-order valence-corrected chi connectivity index (χ1v) is 6.71. The van der Waals surface area contributed by atoms with Gasteiger partial charge in [0, 0.05) is 29.5 Å². The number of anilines is 1. The summed E-state index contributed by atoms with van der Waals surface area (Å²) in [6.45, 7) is 2.26. The van der Waals surface area contributed by atoms with Crippen LogP contribution in [-0.4, -0.2) is 23.6 Å². The number of Topliss-reactive ketones (excluding diaryl/α,β-unsaturated/α-hetero) is 1. The van der Waals surface area contributed by atoms with E-state index < -0.39 is 0 Å². The highest BCUT2D eigenvalue weighted by Crippen LogP contribution is 2.26. The number of carbonyl (C=O) groups excluding carboxylic acids is 2. The van der Waals surface area contributed by atoms with Crippen molar-refractivity contribution in [2.45, 2.75) is 13.3 Å². The van der Waals surface area contributed by atoms with Crippen LogP contribution in [0.4, 0.5) is 5.69 Å². The molecule has 0 bridgehead atoms. The number of nitrogens with zero attached hydrogens (tertiary/aromatic N) is 1. The van der Waals surface area contributed by atoms with Crippen LogP contribution >= 0.6 is 15.9 Å². The first-order chi connectivity index (χ1) is 8.11. The van der Waals surface area contributed by atoms with E-state index in [1.165, 1.54) is 6.92 Å². The van der Waals surface area contributed by atoms with Crippen molar-refractivity contribution in [1.29, 1.82) is 0 Å². The predicted octanol–water partition coefficient (Wildman–Crippen LogP) is 2.64. The standard InChI is InChI=1S/C13H14BrNO2/c1-9(16)11-3-2-4-12(6-11)15-8-10(7-14)5-13(15)17/h2-4,6,10H,5,7-8H2,1H3. The Morgan fingerprint density at radius 2 is 2.29 bits per heavy atom. The summed E-state index contributed by atoms with van der Waals surface area (Å²) in [6.07, 6.45) is 0.579. The fourth-order valence-electron chi connectivity index (χ4n) is 2.03. The minimum atomic E-state index is 0.0236. The van der Waals surface area contributed by atoms with Crippen molar-refractivity contribution in [3.8, 4) is 0 Å². The molecular formula is C13H14BrNO2. The maximum Gasteiger partial charge on any atom is 0.227 e. The molecular weight excluding hydrogens is 282 g/mol. The monoisotopic (exact) mass is 295 g/mol. The molecule has 1 amide bonds. The molecule has 1 unspecified atom stereocenters. The number of carbonyl (C=O) groups is 2. The van der Waals surface area contributed by atoms with Gasteiger partial charge in [-0.2, -0.15) is 0 Å². The molecule has 2 rings (SSSR count). The number of amides is 1. The Balaban J connectivity index is 2.25. The Morgan fingerprint density at radius 1 is 1.53 bits per heavy atom. The average molecular weight is 296 g/mol. The topological polar surface area (TPSA) is 37.4 Å². The van der Waals surface area contributed by atoms with Crippen molar-refractivity contribution in [3.63, 3.8) is 0 Å². The normalized spacial score (nSPS) is 19.8. The molecule has 0 N–H and O–H groups in total. The smallest absolute Gasteiger partial charge is 0.227 e. The van der Waals surface area contributed by atoms with Crippen molar-refractivity contribution in [3.05, 3.63) is 29.8 Å². The molecule has 0 aliphatic carbocycles. The third-order valence-electron chi connectivity index (χ3n) is 2.99. The molecule has 0 aromatic heterocycles. The first-order valence-electron chi connectivity index (χ1n) is 5.59. The van der Waals surface area contributed by atoms with Gasteiger partial charge < -0.3 is 4.90 Å². The number of halogens is 1. The molecule has 1 fully saturated rings. The van der Waals surface area contributed by atoms with E-state index in [1.54, 1.807) is 17.0 Å². The van der Waals surface area contributed by atoms with Gasteiger partial charge in [0.1, 0.15) is 0 Å². The second-order valence-corrected chi connectivity index (χ2v) is 4.98. The van der Waals surface area contributed by atoms with Crippen LogP contribution < -0.4 is 4.90 Å². The lowest BCUT2D eigenvalue weighted by Gasteiger charge is -2.17. The van der Waals surface area contributed by atoms with E-state index in [-0.39, 0.29) is 11.7 Å². The van der Waals surface area contributed by atoms with E-state index in [9.17, 15) is 9.59 Å². The molecule has 0 spiro atoms. The van der Waals surface area contributed by atoms with Crippen molar-refractivity contribution in [2.24, 2.45) is 5.92 Å². The van der Waals surface area contributed by atoms with Crippen LogP contribution in [0.25, 0.3) is 0 Å². The number of benzene rings is 1. The SMILES string of the molecule is CC(=O)c1cccc(N2CC(CBr)CC2=O)c1. The number of ketones is 1. The molecule has 1 atom stereocenters. The summed E-state index contributed by atoms with van der Waals surface area (Å²) >= 11 is 3.41. The van der Waals surface area contributed by atoms with Crippen molar-refractivity contribution >= 4 is 33.3 Å². The predicted molar refractivity (Wildman–Crippen MR) is 70.7 cm³/mol. The van der Waals surface area contributed by atoms with Crippen LogP contribution in [0.5, 0.6) is 0 Å². The Hall–Kier alpha value is -1.16. The lowest BCUT2D eigenvalue weighted by Crippen LogP contribution is -2.24. The molecule has 0 saturated carbocycles. The van der Waals surface area contributed by atoms with E-state index >= 15 is 0 Å². The quantitative estimate of drug-likeness (QED) is 0.635. The summed E-state index contributed by atoms with van der Waals surface area (Å²) in [5.41, 5.74) is 1.48. The van der Waals surface area contributed by atoms with Gasteiger partial charge in [0.05, 0.1) is 0 Å².